The molecule has 132 valence electrons. The van der Waals surface area contributed by atoms with Crippen molar-refractivity contribution in [2.24, 2.45) is 0 Å². The number of anilines is 1. The predicted molar refractivity (Wildman–Crippen MR) is 107 cm³/mol. The van der Waals surface area contributed by atoms with Crippen LogP contribution in [0, 0.1) is 0 Å². The number of nitrogens with zero attached hydrogens (tertiary/aromatic N) is 1. The van der Waals surface area contributed by atoms with E-state index in [0.29, 0.717) is 5.56 Å². The zero-order valence-electron chi connectivity index (χ0n) is 14.9. The number of nitrogens with one attached hydrogen (secondary N) is 1. The lowest BCUT2D eigenvalue weighted by Gasteiger charge is -2.26. The van der Waals surface area contributed by atoms with Crippen molar-refractivity contribution in [3.8, 4) is 0 Å². The molecule has 1 saturated heterocycles. The summed E-state index contributed by atoms with van der Waals surface area (Å²) in [7, 11) is 0. The first kappa shape index (κ1) is 16.8. The molecule has 0 aromatic heterocycles. The van der Waals surface area contributed by atoms with E-state index in [-0.39, 0.29) is 5.91 Å². The molecule has 1 heterocycles. The summed E-state index contributed by atoms with van der Waals surface area (Å²) in [5, 5.41) is 5.24. The van der Waals surface area contributed by atoms with Gasteiger partial charge in [-0.3, -0.25) is 9.69 Å². The fourth-order valence-corrected chi connectivity index (χ4v) is 3.67. The maximum absolute atomic E-state index is 12.6. The van der Waals surface area contributed by atoms with Crippen molar-refractivity contribution in [2.45, 2.75) is 25.8 Å². The van der Waals surface area contributed by atoms with Gasteiger partial charge in [0.2, 0.25) is 0 Å². The van der Waals surface area contributed by atoms with E-state index in [1.165, 1.54) is 37.9 Å². The average Bonchev–Trinajstić information content (AvgIpc) is 2.70. The number of benzene rings is 3. The van der Waals surface area contributed by atoms with Crippen LogP contribution in [0.4, 0.5) is 5.69 Å². The highest BCUT2D eigenvalue weighted by molar-refractivity contribution is 6.09. The van der Waals surface area contributed by atoms with Gasteiger partial charge in [-0.1, -0.05) is 55.0 Å². The summed E-state index contributed by atoms with van der Waals surface area (Å²) in [5.74, 6) is -0.0640. The summed E-state index contributed by atoms with van der Waals surface area (Å²) >= 11 is 0. The molecule has 1 fully saturated rings. The number of piperidine rings is 1. The highest BCUT2D eigenvalue weighted by Crippen LogP contribution is 2.23. The fourth-order valence-electron chi connectivity index (χ4n) is 3.67. The Morgan fingerprint density at radius 2 is 1.58 bits per heavy atom. The summed E-state index contributed by atoms with van der Waals surface area (Å²) < 4.78 is 0. The van der Waals surface area contributed by atoms with Crippen molar-refractivity contribution in [3.05, 3.63) is 77.9 Å². The van der Waals surface area contributed by atoms with Crippen LogP contribution < -0.4 is 5.32 Å². The third kappa shape index (κ3) is 3.78. The Balaban J connectivity index is 1.46. The molecule has 1 N–H and O–H groups in total. The summed E-state index contributed by atoms with van der Waals surface area (Å²) in [6.07, 6.45) is 3.95. The van der Waals surface area contributed by atoms with Crippen LogP contribution in [0.25, 0.3) is 10.8 Å². The Morgan fingerprint density at radius 1 is 0.846 bits per heavy atom. The first-order valence-corrected chi connectivity index (χ1v) is 9.40. The van der Waals surface area contributed by atoms with Crippen molar-refractivity contribution in [1.82, 2.24) is 4.90 Å². The Hall–Kier alpha value is -2.65. The van der Waals surface area contributed by atoms with Crippen LogP contribution in [-0.2, 0) is 6.54 Å². The van der Waals surface area contributed by atoms with Crippen LogP contribution in [-0.4, -0.2) is 23.9 Å². The van der Waals surface area contributed by atoms with Gasteiger partial charge in [-0.2, -0.15) is 0 Å². The second-order valence-electron chi connectivity index (χ2n) is 7.01. The quantitative estimate of drug-likeness (QED) is 0.716. The lowest BCUT2D eigenvalue weighted by Crippen LogP contribution is -2.29. The largest absolute Gasteiger partial charge is 0.321 e. The maximum atomic E-state index is 12.6. The average molecular weight is 344 g/mol. The van der Waals surface area contributed by atoms with Gasteiger partial charge in [-0.25, -0.2) is 0 Å². The molecule has 3 aromatic rings. The monoisotopic (exact) mass is 344 g/mol. The molecule has 3 nitrogen and oxygen atoms in total. The minimum atomic E-state index is -0.0640. The molecule has 0 radical (unpaired) electrons. The van der Waals surface area contributed by atoms with Gasteiger partial charge in [-0.05, 0) is 55.1 Å². The molecular weight excluding hydrogens is 320 g/mol. The van der Waals surface area contributed by atoms with Crippen molar-refractivity contribution in [2.75, 3.05) is 18.4 Å². The fraction of sp³-hybridized carbons (Fsp3) is 0.261. The molecular formula is C23H24N2O. The topological polar surface area (TPSA) is 32.3 Å². The van der Waals surface area contributed by atoms with Gasteiger partial charge in [0.25, 0.3) is 5.91 Å². The molecule has 1 amide bonds. The van der Waals surface area contributed by atoms with Gasteiger partial charge >= 0.3 is 0 Å². The second kappa shape index (κ2) is 7.71. The number of amides is 1. The summed E-state index contributed by atoms with van der Waals surface area (Å²) in [4.78, 5) is 15.1. The third-order valence-electron chi connectivity index (χ3n) is 5.11. The van der Waals surface area contributed by atoms with E-state index in [4.69, 9.17) is 0 Å². The van der Waals surface area contributed by atoms with Crippen LogP contribution in [0.2, 0.25) is 0 Å². The molecule has 0 saturated carbocycles. The lowest BCUT2D eigenvalue weighted by molar-refractivity contribution is 0.102. The first-order valence-electron chi connectivity index (χ1n) is 9.40. The minimum absolute atomic E-state index is 0.0640. The van der Waals surface area contributed by atoms with Crippen molar-refractivity contribution < 1.29 is 4.79 Å². The summed E-state index contributed by atoms with van der Waals surface area (Å²) in [6, 6.07) is 22.1. The summed E-state index contributed by atoms with van der Waals surface area (Å²) in [5.41, 5.74) is 2.82. The number of rotatable bonds is 4. The Morgan fingerprint density at radius 3 is 2.38 bits per heavy atom. The van der Waals surface area contributed by atoms with Crippen molar-refractivity contribution in [1.29, 1.82) is 0 Å². The van der Waals surface area contributed by atoms with E-state index in [0.717, 1.165) is 23.0 Å². The van der Waals surface area contributed by atoms with E-state index >= 15 is 0 Å². The number of fused-ring (bicyclic) bond motifs is 1. The normalized spacial score (nSPS) is 15.1. The van der Waals surface area contributed by atoms with Gasteiger partial charge in [0.1, 0.15) is 0 Å². The predicted octanol–water partition coefficient (Wildman–Crippen LogP) is 5.08. The molecule has 1 aliphatic heterocycles. The van der Waals surface area contributed by atoms with Gasteiger partial charge in [-0.15, -0.1) is 0 Å². The zero-order chi connectivity index (χ0) is 17.8. The molecule has 4 rings (SSSR count). The zero-order valence-corrected chi connectivity index (χ0v) is 14.9. The van der Waals surface area contributed by atoms with Gasteiger partial charge in [0.05, 0.1) is 0 Å². The molecule has 3 aromatic carbocycles. The molecule has 0 atom stereocenters. The first-order chi connectivity index (χ1) is 12.8. The molecule has 0 bridgehead atoms. The Labute approximate surface area is 154 Å². The number of likely N-dealkylation sites (tertiary alicyclic amines) is 1. The van der Waals surface area contributed by atoms with Gasteiger partial charge in [0, 0.05) is 23.2 Å². The SMILES string of the molecule is O=C(Nc1cccc2ccccc12)c1ccc(CN2CCCCC2)cc1. The molecule has 3 heteroatoms. The van der Waals surface area contributed by atoms with Crippen molar-refractivity contribution in [3.63, 3.8) is 0 Å². The smallest absolute Gasteiger partial charge is 0.255 e. The van der Waals surface area contributed by atoms with Crippen LogP contribution in [0.1, 0.15) is 35.2 Å². The molecule has 0 unspecified atom stereocenters. The Bertz CT molecular complexity index is 890. The van der Waals surface area contributed by atoms with Gasteiger partial charge in [0.15, 0.2) is 0 Å². The number of carbonyl (C=O) groups is 1. The van der Waals surface area contributed by atoms with Gasteiger partial charge < -0.3 is 5.32 Å². The van der Waals surface area contributed by atoms with Crippen LogP contribution in [0.3, 0.4) is 0 Å². The highest BCUT2D eigenvalue weighted by atomic mass is 16.1. The molecule has 0 aliphatic carbocycles. The van der Waals surface area contributed by atoms with Crippen LogP contribution in [0.15, 0.2) is 66.7 Å². The molecule has 26 heavy (non-hydrogen) atoms. The van der Waals surface area contributed by atoms with Crippen molar-refractivity contribution >= 4 is 22.4 Å². The Kier molecular flexibility index (Phi) is 4.98. The van der Waals surface area contributed by atoms with E-state index in [9.17, 15) is 4.79 Å². The number of carbonyl (C=O) groups excluding carboxylic acids is 1. The van der Waals surface area contributed by atoms with E-state index in [1.807, 2.05) is 42.5 Å². The van der Waals surface area contributed by atoms with E-state index < -0.39 is 0 Å². The minimum Gasteiger partial charge on any atom is -0.321 e. The second-order valence-corrected chi connectivity index (χ2v) is 7.01. The highest BCUT2D eigenvalue weighted by Gasteiger charge is 2.12. The maximum Gasteiger partial charge on any atom is 0.255 e. The number of hydrogen-bond acceptors (Lipinski definition) is 2. The van der Waals surface area contributed by atoms with Crippen LogP contribution in [0.5, 0.6) is 0 Å². The van der Waals surface area contributed by atoms with Crippen LogP contribution >= 0.6 is 0 Å². The van der Waals surface area contributed by atoms with E-state index in [1.54, 1.807) is 0 Å². The third-order valence-corrected chi connectivity index (χ3v) is 5.11. The van der Waals surface area contributed by atoms with E-state index in [2.05, 4.69) is 34.5 Å². The summed E-state index contributed by atoms with van der Waals surface area (Å²) in [6.45, 7) is 3.35. The lowest BCUT2D eigenvalue weighted by atomic mass is 10.1. The molecule has 1 aliphatic rings. The standard InChI is InChI=1S/C23H24N2O/c26-23(24-22-10-6-8-19-7-2-3-9-21(19)22)20-13-11-18(12-14-20)17-25-15-4-1-5-16-25/h2-3,6-14H,1,4-5,15-17H2,(H,24,26). The molecule has 0 spiro atoms. The number of hydrogen-bond donors (Lipinski definition) is 1.